The molecule has 0 aliphatic carbocycles. The fourth-order valence-electron chi connectivity index (χ4n) is 3.54. The van der Waals surface area contributed by atoms with Gasteiger partial charge in [0.05, 0.1) is 32.0 Å². The highest BCUT2D eigenvalue weighted by Crippen LogP contribution is 2.40. The van der Waals surface area contributed by atoms with E-state index < -0.39 is 0 Å². The van der Waals surface area contributed by atoms with E-state index in [-0.39, 0.29) is 18.1 Å². The number of hydrogen-bond donors (Lipinski definition) is 0. The lowest BCUT2D eigenvalue weighted by Gasteiger charge is -2.20. The van der Waals surface area contributed by atoms with E-state index in [9.17, 15) is 0 Å². The molecule has 3 heterocycles. The summed E-state index contributed by atoms with van der Waals surface area (Å²) in [5.74, 6) is 0.126. The Balaban J connectivity index is 1.45. The maximum atomic E-state index is 6.48. The van der Waals surface area contributed by atoms with E-state index in [4.69, 9.17) is 32.7 Å². The molecule has 4 rings (SSSR count). The molecule has 0 radical (unpaired) electrons. The molecule has 0 saturated carbocycles. The number of benzene rings is 1. The molecule has 3 aromatic rings. The Bertz CT molecular complexity index is 892. The van der Waals surface area contributed by atoms with Crippen molar-refractivity contribution in [3.8, 4) is 0 Å². The number of nitrogens with zero attached hydrogens (tertiary/aromatic N) is 4. The average Bonchev–Trinajstić information content (AvgIpc) is 3.33. The highest BCUT2D eigenvalue weighted by atomic mass is 35.5. The van der Waals surface area contributed by atoms with Gasteiger partial charge in [-0.3, -0.25) is 9.67 Å². The van der Waals surface area contributed by atoms with E-state index >= 15 is 0 Å². The van der Waals surface area contributed by atoms with Gasteiger partial charge in [-0.1, -0.05) is 35.3 Å². The molecule has 0 bridgehead atoms. The van der Waals surface area contributed by atoms with Gasteiger partial charge in [-0.05, 0) is 35.7 Å². The van der Waals surface area contributed by atoms with E-state index in [1.165, 1.54) is 6.33 Å². The molecule has 0 spiro atoms. The second-order valence-corrected chi connectivity index (χ2v) is 7.64. The molecule has 0 N–H and O–H groups in total. The Hall–Kier alpha value is -1.99. The van der Waals surface area contributed by atoms with Gasteiger partial charge in [0.2, 0.25) is 0 Å². The summed E-state index contributed by atoms with van der Waals surface area (Å²) in [5, 5.41) is 5.48. The summed E-state index contributed by atoms with van der Waals surface area (Å²) in [6, 6.07) is 9.51. The molecule has 3 unspecified atom stereocenters. The molecule has 1 saturated heterocycles. The second-order valence-electron chi connectivity index (χ2n) is 6.80. The molecule has 0 amide bonds. The summed E-state index contributed by atoms with van der Waals surface area (Å²) in [6.45, 7) is 1.61. The van der Waals surface area contributed by atoms with Crippen molar-refractivity contribution in [2.24, 2.45) is 0 Å². The van der Waals surface area contributed by atoms with Crippen molar-refractivity contribution in [1.29, 1.82) is 0 Å². The maximum Gasteiger partial charge on any atom is 0.137 e. The lowest BCUT2D eigenvalue weighted by Crippen LogP contribution is -2.23. The highest BCUT2D eigenvalue weighted by Gasteiger charge is 2.37. The summed E-state index contributed by atoms with van der Waals surface area (Å²) in [4.78, 5) is 8.12. The zero-order valence-corrected chi connectivity index (χ0v) is 16.6. The Morgan fingerprint density at radius 1 is 1.21 bits per heavy atom. The summed E-state index contributed by atoms with van der Waals surface area (Å²) >= 11 is 12.5. The molecule has 8 heteroatoms. The number of ether oxygens (including phenoxy) is 2. The standard InChI is InChI=1S/C20H20Cl2N4O2/c21-15-3-4-17(19(22)6-15)18-7-16(11-27-10-14-2-1-5-23-8-14)28-20(18)9-26-13-24-12-25-26/h1-6,8,12-13,16,18,20H,7,9-11H2. The summed E-state index contributed by atoms with van der Waals surface area (Å²) < 4.78 is 13.9. The third-order valence-corrected chi connectivity index (χ3v) is 5.39. The average molecular weight is 419 g/mol. The van der Waals surface area contributed by atoms with Gasteiger partial charge in [0.15, 0.2) is 0 Å². The van der Waals surface area contributed by atoms with Crippen LogP contribution in [0.3, 0.4) is 0 Å². The minimum atomic E-state index is -0.0765. The molecule has 28 heavy (non-hydrogen) atoms. The molecular formula is C20H20Cl2N4O2. The van der Waals surface area contributed by atoms with Crippen LogP contribution in [0.1, 0.15) is 23.5 Å². The number of aromatic nitrogens is 4. The molecule has 2 aromatic heterocycles. The first-order chi connectivity index (χ1) is 13.7. The van der Waals surface area contributed by atoms with Crippen LogP contribution in [-0.2, 0) is 22.6 Å². The number of pyridine rings is 1. The predicted octanol–water partition coefficient (Wildman–Crippen LogP) is 4.14. The largest absolute Gasteiger partial charge is 0.374 e. The van der Waals surface area contributed by atoms with E-state index in [1.807, 2.05) is 24.3 Å². The fourth-order valence-corrected chi connectivity index (χ4v) is 4.09. The van der Waals surface area contributed by atoms with Crippen molar-refractivity contribution in [1.82, 2.24) is 19.7 Å². The van der Waals surface area contributed by atoms with Crippen LogP contribution in [0, 0.1) is 0 Å². The molecule has 1 aromatic carbocycles. The molecule has 6 nitrogen and oxygen atoms in total. The van der Waals surface area contributed by atoms with Crippen LogP contribution in [-0.4, -0.2) is 38.6 Å². The minimum Gasteiger partial charge on any atom is -0.374 e. The number of halogens is 2. The topological polar surface area (TPSA) is 62.1 Å². The smallest absolute Gasteiger partial charge is 0.137 e. The molecule has 3 atom stereocenters. The van der Waals surface area contributed by atoms with Crippen LogP contribution in [0.15, 0.2) is 55.4 Å². The van der Waals surface area contributed by atoms with Crippen molar-refractivity contribution in [3.63, 3.8) is 0 Å². The molecule has 1 aliphatic heterocycles. The van der Waals surface area contributed by atoms with E-state index in [1.54, 1.807) is 29.5 Å². The van der Waals surface area contributed by atoms with Gasteiger partial charge in [-0.25, -0.2) is 4.98 Å². The molecule has 1 aliphatic rings. The fraction of sp³-hybridized carbons (Fsp3) is 0.350. The molecular weight excluding hydrogens is 399 g/mol. The van der Waals surface area contributed by atoms with Crippen molar-refractivity contribution >= 4 is 23.2 Å². The Labute approximate surface area is 173 Å². The van der Waals surface area contributed by atoms with Crippen LogP contribution in [0.25, 0.3) is 0 Å². The van der Waals surface area contributed by atoms with Gasteiger partial charge in [0.25, 0.3) is 0 Å². The first-order valence-electron chi connectivity index (χ1n) is 9.08. The first-order valence-corrected chi connectivity index (χ1v) is 9.84. The van der Waals surface area contributed by atoms with Gasteiger partial charge in [-0.15, -0.1) is 0 Å². The van der Waals surface area contributed by atoms with Gasteiger partial charge in [0.1, 0.15) is 12.7 Å². The van der Waals surface area contributed by atoms with Gasteiger partial charge < -0.3 is 9.47 Å². The Morgan fingerprint density at radius 3 is 2.89 bits per heavy atom. The van der Waals surface area contributed by atoms with Gasteiger partial charge in [-0.2, -0.15) is 5.10 Å². The third kappa shape index (κ3) is 4.70. The van der Waals surface area contributed by atoms with Crippen LogP contribution >= 0.6 is 23.2 Å². The summed E-state index contributed by atoms with van der Waals surface area (Å²) in [5.41, 5.74) is 2.07. The van der Waals surface area contributed by atoms with Crippen molar-refractivity contribution < 1.29 is 9.47 Å². The van der Waals surface area contributed by atoms with Gasteiger partial charge >= 0.3 is 0 Å². The number of hydrogen-bond acceptors (Lipinski definition) is 5. The lowest BCUT2D eigenvalue weighted by atomic mass is 9.91. The zero-order chi connectivity index (χ0) is 19.3. The van der Waals surface area contributed by atoms with E-state index in [2.05, 4.69) is 15.1 Å². The normalized spacial score (nSPS) is 21.9. The third-order valence-electron chi connectivity index (χ3n) is 4.82. The summed E-state index contributed by atoms with van der Waals surface area (Å²) in [7, 11) is 0. The lowest BCUT2D eigenvalue weighted by molar-refractivity contribution is -0.0266. The maximum absolute atomic E-state index is 6.48. The molecule has 1 fully saturated rings. The first kappa shape index (κ1) is 19.3. The number of rotatable bonds is 7. The van der Waals surface area contributed by atoms with Crippen LogP contribution < -0.4 is 0 Å². The Morgan fingerprint density at radius 2 is 2.14 bits per heavy atom. The molecule has 146 valence electrons. The SMILES string of the molecule is Clc1ccc(C2CC(COCc3cccnc3)OC2Cn2cncn2)c(Cl)c1. The monoisotopic (exact) mass is 418 g/mol. The second kappa shape index (κ2) is 9.01. The van der Waals surface area contributed by atoms with E-state index in [0.29, 0.717) is 29.8 Å². The van der Waals surface area contributed by atoms with Gasteiger partial charge in [0, 0.05) is 28.4 Å². The van der Waals surface area contributed by atoms with Crippen LogP contribution in [0.4, 0.5) is 0 Å². The van der Waals surface area contributed by atoms with Crippen molar-refractivity contribution in [3.05, 3.63) is 76.6 Å². The highest BCUT2D eigenvalue weighted by molar-refractivity contribution is 6.35. The van der Waals surface area contributed by atoms with E-state index in [0.717, 1.165) is 17.5 Å². The Kier molecular flexibility index (Phi) is 6.22. The summed E-state index contributed by atoms with van der Waals surface area (Å²) in [6.07, 6.45) is 7.48. The van der Waals surface area contributed by atoms with Crippen LogP contribution in [0.5, 0.6) is 0 Å². The minimum absolute atomic E-state index is 0.0260. The zero-order valence-electron chi connectivity index (χ0n) is 15.1. The quantitative estimate of drug-likeness (QED) is 0.576. The van der Waals surface area contributed by atoms with Crippen molar-refractivity contribution in [2.45, 2.75) is 37.7 Å². The predicted molar refractivity (Wildman–Crippen MR) is 106 cm³/mol. The van der Waals surface area contributed by atoms with Crippen LogP contribution in [0.2, 0.25) is 10.0 Å². The van der Waals surface area contributed by atoms with Crippen molar-refractivity contribution in [2.75, 3.05) is 6.61 Å².